The molecule has 18 heavy (non-hydrogen) atoms. The molecule has 0 saturated heterocycles. The average molecular weight is 262 g/mol. The van der Waals surface area contributed by atoms with Crippen LogP contribution in [0, 0.1) is 0 Å². The smallest absolute Gasteiger partial charge is 0.395 e. The lowest BCUT2D eigenvalue weighted by Gasteiger charge is -2.24. The van der Waals surface area contributed by atoms with E-state index < -0.39 is 7.82 Å². The number of para-hydroxylation sites is 2. The molecule has 0 saturated carbocycles. The molecule has 2 aromatic rings. The lowest BCUT2D eigenvalue weighted by molar-refractivity contribution is 0.181. The summed E-state index contributed by atoms with van der Waals surface area (Å²) in [4.78, 5) is 0. The summed E-state index contributed by atoms with van der Waals surface area (Å²) in [5, 5.41) is 0. The number of benzene rings is 2. The molecule has 0 aliphatic carbocycles. The zero-order valence-electron chi connectivity index (χ0n) is 9.48. The van der Waals surface area contributed by atoms with Gasteiger partial charge < -0.3 is 9.05 Å². The first-order valence-corrected chi connectivity index (χ1v) is 6.98. The maximum absolute atomic E-state index is 12.3. The highest BCUT2D eigenvalue weighted by molar-refractivity contribution is 7.49. The summed E-state index contributed by atoms with van der Waals surface area (Å²) >= 11 is 0. The molecule has 1 aliphatic rings. The van der Waals surface area contributed by atoms with Crippen LogP contribution >= 0.6 is 7.82 Å². The van der Waals surface area contributed by atoms with Crippen LogP contribution in [0.1, 0.15) is 5.56 Å². The highest BCUT2D eigenvalue weighted by atomic mass is 31.2. The van der Waals surface area contributed by atoms with Crippen LogP contribution in [0.15, 0.2) is 54.6 Å². The number of fused-ring (bicyclic) bond motifs is 1. The molecule has 1 heterocycles. The van der Waals surface area contributed by atoms with Crippen molar-refractivity contribution in [3.05, 3.63) is 60.2 Å². The predicted molar refractivity (Wildman–Crippen MR) is 66.5 cm³/mol. The van der Waals surface area contributed by atoms with E-state index in [2.05, 4.69) is 0 Å². The molecule has 0 aromatic heterocycles. The molecule has 2 aromatic carbocycles. The third-order valence-electron chi connectivity index (χ3n) is 2.52. The second kappa shape index (κ2) is 4.48. The number of hydrogen-bond donors (Lipinski definition) is 0. The molecule has 92 valence electrons. The van der Waals surface area contributed by atoms with Gasteiger partial charge in [-0.05, 0) is 18.2 Å². The first-order chi connectivity index (χ1) is 8.75. The molecule has 1 atom stereocenters. The quantitative estimate of drug-likeness (QED) is 0.772. The highest BCUT2D eigenvalue weighted by Gasteiger charge is 2.35. The minimum Gasteiger partial charge on any atom is -0.395 e. The van der Waals surface area contributed by atoms with Crippen LogP contribution in [0.3, 0.4) is 0 Å². The van der Waals surface area contributed by atoms with Gasteiger partial charge in [-0.1, -0.05) is 36.4 Å². The molecular weight excluding hydrogens is 251 g/mol. The van der Waals surface area contributed by atoms with Crippen LogP contribution in [0.5, 0.6) is 11.5 Å². The molecule has 1 aliphatic heterocycles. The van der Waals surface area contributed by atoms with Gasteiger partial charge in [0.15, 0.2) is 0 Å². The van der Waals surface area contributed by atoms with Gasteiger partial charge in [0.05, 0.1) is 6.61 Å². The van der Waals surface area contributed by atoms with Crippen molar-refractivity contribution in [3.63, 3.8) is 0 Å². The van der Waals surface area contributed by atoms with Gasteiger partial charge in [-0.2, -0.15) is 0 Å². The van der Waals surface area contributed by atoms with Crippen LogP contribution in [0.25, 0.3) is 0 Å². The van der Waals surface area contributed by atoms with E-state index >= 15 is 0 Å². The molecule has 4 nitrogen and oxygen atoms in total. The molecule has 0 spiro atoms. The van der Waals surface area contributed by atoms with E-state index in [0.29, 0.717) is 11.5 Å². The number of rotatable bonds is 2. The van der Waals surface area contributed by atoms with Crippen molar-refractivity contribution < 1.29 is 18.1 Å². The number of hydrogen-bond acceptors (Lipinski definition) is 4. The average Bonchev–Trinajstić information content (AvgIpc) is 2.39. The lowest BCUT2D eigenvalue weighted by Crippen LogP contribution is -2.11. The Kier molecular flexibility index (Phi) is 2.82. The van der Waals surface area contributed by atoms with E-state index in [1.165, 1.54) is 0 Å². The fourth-order valence-corrected chi connectivity index (χ4v) is 2.90. The maximum Gasteiger partial charge on any atom is 0.587 e. The zero-order valence-corrected chi connectivity index (χ0v) is 10.4. The molecule has 0 radical (unpaired) electrons. The molecule has 0 amide bonds. The van der Waals surface area contributed by atoms with Gasteiger partial charge in [-0.25, -0.2) is 4.57 Å². The third kappa shape index (κ3) is 2.26. The van der Waals surface area contributed by atoms with E-state index in [0.717, 1.165) is 5.56 Å². The largest absolute Gasteiger partial charge is 0.587 e. The van der Waals surface area contributed by atoms with E-state index in [4.69, 9.17) is 13.6 Å². The van der Waals surface area contributed by atoms with Crippen molar-refractivity contribution in [2.75, 3.05) is 0 Å². The van der Waals surface area contributed by atoms with Crippen molar-refractivity contribution in [2.45, 2.75) is 6.61 Å². The van der Waals surface area contributed by atoms with Crippen LogP contribution in [-0.2, 0) is 15.7 Å². The van der Waals surface area contributed by atoms with Gasteiger partial charge in [-0.3, -0.25) is 4.52 Å². The van der Waals surface area contributed by atoms with Crippen molar-refractivity contribution in [1.82, 2.24) is 0 Å². The molecule has 0 bridgehead atoms. The Labute approximate surface area is 105 Å². The van der Waals surface area contributed by atoms with Crippen molar-refractivity contribution >= 4 is 7.82 Å². The summed E-state index contributed by atoms with van der Waals surface area (Å²) in [6, 6.07) is 16.1. The monoisotopic (exact) mass is 262 g/mol. The van der Waals surface area contributed by atoms with Crippen LogP contribution in [0.4, 0.5) is 0 Å². The van der Waals surface area contributed by atoms with E-state index in [-0.39, 0.29) is 6.61 Å². The van der Waals surface area contributed by atoms with Gasteiger partial charge in [0.1, 0.15) is 11.5 Å². The van der Waals surface area contributed by atoms with Gasteiger partial charge in [-0.15, -0.1) is 0 Å². The van der Waals surface area contributed by atoms with Crippen LogP contribution < -0.4 is 9.05 Å². The molecular formula is C13H11O4P. The first-order valence-electron chi connectivity index (χ1n) is 5.52. The summed E-state index contributed by atoms with van der Waals surface area (Å²) in [7, 11) is -3.57. The Bertz CT molecular complexity index is 597. The van der Waals surface area contributed by atoms with Gasteiger partial charge >= 0.3 is 7.82 Å². The Morgan fingerprint density at radius 1 is 1.00 bits per heavy atom. The first kappa shape index (κ1) is 11.3. The topological polar surface area (TPSA) is 44.8 Å². The number of phosphoric ester groups is 1. The molecule has 0 fully saturated rings. The lowest BCUT2D eigenvalue weighted by atomic mass is 10.2. The highest BCUT2D eigenvalue weighted by Crippen LogP contribution is 2.54. The summed E-state index contributed by atoms with van der Waals surface area (Å²) in [6.45, 7) is 0.223. The zero-order chi connectivity index (χ0) is 12.4. The molecule has 0 N–H and O–H groups in total. The Morgan fingerprint density at radius 3 is 2.56 bits per heavy atom. The van der Waals surface area contributed by atoms with Crippen molar-refractivity contribution in [2.24, 2.45) is 0 Å². The molecule has 3 rings (SSSR count). The predicted octanol–water partition coefficient (Wildman–Crippen LogP) is 3.78. The van der Waals surface area contributed by atoms with E-state index in [9.17, 15) is 4.57 Å². The van der Waals surface area contributed by atoms with Crippen molar-refractivity contribution in [1.29, 1.82) is 0 Å². The maximum atomic E-state index is 12.3. The standard InChI is InChI=1S/C13H11O4P/c14-18(16-12-7-2-1-3-8-12)15-10-11-6-4-5-9-13(11)17-18/h1-9H,10H2/t18-/m0/s1. The van der Waals surface area contributed by atoms with Gasteiger partial charge in [0.25, 0.3) is 0 Å². The fraction of sp³-hybridized carbons (Fsp3) is 0.0769. The van der Waals surface area contributed by atoms with Crippen LogP contribution in [0.2, 0.25) is 0 Å². The second-order valence-electron chi connectivity index (χ2n) is 3.82. The van der Waals surface area contributed by atoms with E-state index in [1.54, 1.807) is 30.3 Å². The van der Waals surface area contributed by atoms with Crippen LogP contribution in [-0.4, -0.2) is 0 Å². The van der Waals surface area contributed by atoms with Gasteiger partial charge in [0.2, 0.25) is 0 Å². The molecule has 0 unspecified atom stereocenters. The normalized spacial score (nSPS) is 21.8. The minimum atomic E-state index is -3.57. The Hall–Kier alpha value is -1.77. The molecule has 5 heteroatoms. The fourth-order valence-electron chi connectivity index (χ4n) is 1.66. The van der Waals surface area contributed by atoms with Gasteiger partial charge in [0, 0.05) is 5.56 Å². The third-order valence-corrected chi connectivity index (χ3v) is 3.82. The Balaban J connectivity index is 1.84. The minimum absolute atomic E-state index is 0.223. The summed E-state index contributed by atoms with van der Waals surface area (Å²) < 4.78 is 28.2. The summed E-state index contributed by atoms with van der Waals surface area (Å²) in [6.07, 6.45) is 0. The SMILES string of the molecule is O=[P@@]1(Oc2ccccc2)OCc2ccccc2O1. The Morgan fingerprint density at radius 2 is 1.72 bits per heavy atom. The summed E-state index contributed by atoms with van der Waals surface area (Å²) in [5.41, 5.74) is 0.862. The van der Waals surface area contributed by atoms with E-state index in [1.807, 2.05) is 24.3 Å². The second-order valence-corrected chi connectivity index (χ2v) is 5.34. The number of phosphoric acid groups is 1. The summed E-state index contributed by atoms with van der Waals surface area (Å²) in [5.74, 6) is 1.00. The van der Waals surface area contributed by atoms with Crippen molar-refractivity contribution in [3.8, 4) is 11.5 Å².